The molecule has 6 nitrogen and oxygen atoms in total. The zero-order valence-electron chi connectivity index (χ0n) is 50.0. The number of hydrogen-bond acceptors (Lipinski definition) is 6. The van der Waals surface area contributed by atoms with Crippen molar-refractivity contribution in [2.45, 2.75) is 232 Å². The second-order valence-electron chi connectivity index (χ2n) is 19.5. The molecule has 0 rings (SSSR count). The van der Waals surface area contributed by atoms with E-state index in [-0.39, 0.29) is 44.0 Å². The van der Waals surface area contributed by atoms with E-state index in [1.54, 1.807) is 0 Å². The maximum Gasteiger partial charge on any atom is 0.306 e. The molecule has 0 aromatic heterocycles. The summed E-state index contributed by atoms with van der Waals surface area (Å²) in [5.41, 5.74) is 0. The van der Waals surface area contributed by atoms with Gasteiger partial charge in [-0.15, -0.1) is 0 Å². The van der Waals surface area contributed by atoms with Crippen LogP contribution in [0.15, 0.2) is 194 Å². The SMILES string of the molecule is CC/C=C\C/C=C\C/C=C\C/C=C\C/C=C\C/C=C\C/C=C\CCCC(=O)OCC(COC(=O)CCCCCCCC/C=C\C/C=C\C/C=C\C/C=C\CC)OC(=O)CCCCC/C=C\C/C=C\C/C=C\C/C=C\C/C=C\CC. The van der Waals surface area contributed by atoms with Gasteiger partial charge in [0.25, 0.3) is 0 Å². The summed E-state index contributed by atoms with van der Waals surface area (Å²) < 4.78 is 16.8. The summed E-state index contributed by atoms with van der Waals surface area (Å²) in [7, 11) is 0. The Kier molecular flexibility index (Phi) is 60.1. The van der Waals surface area contributed by atoms with E-state index in [9.17, 15) is 14.4 Å². The van der Waals surface area contributed by atoms with Crippen LogP contribution in [0, 0.1) is 0 Å². The summed E-state index contributed by atoms with van der Waals surface area (Å²) in [5, 5.41) is 0. The van der Waals surface area contributed by atoms with E-state index in [0.29, 0.717) is 19.3 Å². The Morgan fingerprint density at radius 1 is 0.253 bits per heavy atom. The van der Waals surface area contributed by atoms with Gasteiger partial charge in [-0.2, -0.15) is 0 Å². The topological polar surface area (TPSA) is 78.9 Å². The Bertz CT molecular complexity index is 1920. The van der Waals surface area contributed by atoms with Gasteiger partial charge in [-0.3, -0.25) is 14.4 Å². The van der Waals surface area contributed by atoms with Gasteiger partial charge in [0.05, 0.1) is 0 Å². The lowest BCUT2D eigenvalue weighted by Gasteiger charge is -2.18. The molecule has 0 aliphatic heterocycles. The van der Waals surface area contributed by atoms with Crippen molar-refractivity contribution in [1.82, 2.24) is 0 Å². The largest absolute Gasteiger partial charge is 0.462 e. The molecule has 6 heteroatoms. The molecule has 0 bridgehead atoms. The summed E-state index contributed by atoms with van der Waals surface area (Å²) in [5.74, 6) is -1.05. The van der Waals surface area contributed by atoms with Gasteiger partial charge in [0, 0.05) is 19.3 Å². The molecule has 0 aliphatic rings. The molecule has 0 fully saturated rings. The molecule has 1 unspecified atom stereocenters. The molecule has 0 saturated heterocycles. The molecule has 0 aromatic rings. The van der Waals surface area contributed by atoms with Gasteiger partial charge in [0.2, 0.25) is 0 Å². The van der Waals surface area contributed by atoms with Crippen molar-refractivity contribution in [2.75, 3.05) is 13.2 Å². The molecule has 0 spiro atoms. The highest BCUT2D eigenvalue weighted by molar-refractivity contribution is 5.71. The van der Waals surface area contributed by atoms with Crippen LogP contribution in [-0.4, -0.2) is 37.2 Å². The number of hydrogen-bond donors (Lipinski definition) is 0. The van der Waals surface area contributed by atoms with Crippen molar-refractivity contribution in [3.05, 3.63) is 194 Å². The minimum Gasteiger partial charge on any atom is -0.462 e. The van der Waals surface area contributed by atoms with Gasteiger partial charge in [0.1, 0.15) is 13.2 Å². The van der Waals surface area contributed by atoms with E-state index in [0.717, 1.165) is 161 Å². The predicted molar refractivity (Wildman–Crippen MR) is 343 cm³/mol. The first-order valence-electron chi connectivity index (χ1n) is 30.9. The van der Waals surface area contributed by atoms with Crippen LogP contribution in [0.1, 0.15) is 226 Å². The molecule has 0 amide bonds. The number of carbonyl (C=O) groups is 3. The van der Waals surface area contributed by atoms with E-state index in [2.05, 4.69) is 215 Å². The highest BCUT2D eigenvalue weighted by Gasteiger charge is 2.19. The third-order valence-electron chi connectivity index (χ3n) is 12.1. The molecule has 0 saturated carbocycles. The minimum absolute atomic E-state index is 0.128. The van der Waals surface area contributed by atoms with Crippen molar-refractivity contribution < 1.29 is 28.6 Å². The summed E-state index contributed by atoms with van der Waals surface area (Å²) in [6.45, 7) is 6.19. The Morgan fingerprint density at radius 2 is 0.468 bits per heavy atom. The van der Waals surface area contributed by atoms with Gasteiger partial charge in [-0.05, 0) is 154 Å². The number of carbonyl (C=O) groups excluding carboxylic acids is 3. The normalized spacial score (nSPS) is 13.5. The van der Waals surface area contributed by atoms with Crippen LogP contribution in [0.4, 0.5) is 0 Å². The average Bonchev–Trinajstić information content (AvgIpc) is 3.45. The van der Waals surface area contributed by atoms with Crippen LogP contribution in [0.2, 0.25) is 0 Å². The standard InChI is InChI=1S/C73H110O6/c1-4-7-10-13-16-19-22-25-28-31-34-35-36-37-40-42-45-48-51-54-57-60-63-66-72(75)78-69-70(79-73(76)67-64-61-58-55-52-49-46-43-39-33-30-27-24-21-18-15-12-9-6-3)68-77-71(74)65-62-59-56-53-50-47-44-41-38-32-29-26-23-20-17-14-11-8-5-2/h7-12,16-21,25-30,34-35,37-41,43,45,48-49,52,54,57,70H,4-6,13-15,22-24,31-33,36,42,44,46-47,50-51,53,55-56,58-69H2,1-3H3/b10-7-,11-8-,12-9-,19-16-,20-17-,21-18-,28-25-,29-26-,30-27-,35-34-,40-37-,41-38-,43-39-,48-45-,52-49-,57-54-. The van der Waals surface area contributed by atoms with Gasteiger partial charge in [-0.1, -0.05) is 247 Å². The lowest BCUT2D eigenvalue weighted by Crippen LogP contribution is -2.30. The first kappa shape index (κ1) is 73.2. The molecule has 438 valence electrons. The Morgan fingerprint density at radius 3 is 0.772 bits per heavy atom. The summed E-state index contributed by atoms with van der Waals surface area (Å²) in [4.78, 5) is 38.3. The fourth-order valence-electron chi connectivity index (χ4n) is 7.57. The smallest absolute Gasteiger partial charge is 0.306 e. The van der Waals surface area contributed by atoms with Crippen LogP contribution < -0.4 is 0 Å². The molecule has 0 aromatic carbocycles. The fourth-order valence-corrected chi connectivity index (χ4v) is 7.57. The maximum atomic E-state index is 12.9. The van der Waals surface area contributed by atoms with Crippen LogP contribution in [0.5, 0.6) is 0 Å². The molecular weight excluding hydrogens is 973 g/mol. The maximum absolute atomic E-state index is 12.9. The Hall–Kier alpha value is -5.75. The van der Waals surface area contributed by atoms with Crippen LogP contribution in [0.3, 0.4) is 0 Å². The van der Waals surface area contributed by atoms with Crippen molar-refractivity contribution in [2.24, 2.45) is 0 Å². The van der Waals surface area contributed by atoms with Gasteiger partial charge in [0.15, 0.2) is 6.10 Å². The second kappa shape index (κ2) is 64.8. The zero-order chi connectivity index (χ0) is 57.1. The fraction of sp³-hybridized carbons (Fsp3) is 0.521. The number of unbranched alkanes of at least 4 members (excludes halogenated alkanes) is 10. The monoisotopic (exact) mass is 1080 g/mol. The molecule has 0 heterocycles. The number of ether oxygens (including phenoxy) is 3. The Balaban J connectivity index is 4.62. The quantitative estimate of drug-likeness (QED) is 0.0261. The Labute approximate surface area is 484 Å². The lowest BCUT2D eigenvalue weighted by atomic mass is 10.1. The van der Waals surface area contributed by atoms with Crippen molar-refractivity contribution >= 4 is 17.9 Å². The van der Waals surface area contributed by atoms with E-state index >= 15 is 0 Å². The average molecular weight is 1080 g/mol. The van der Waals surface area contributed by atoms with Crippen LogP contribution >= 0.6 is 0 Å². The van der Waals surface area contributed by atoms with Crippen molar-refractivity contribution in [3.63, 3.8) is 0 Å². The van der Waals surface area contributed by atoms with E-state index in [1.165, 1.54) is 12.8 Å². The van der Waals surface area contributed by atoms with Crippen LogP contribution in [0.25, 0.3) is 0 Å². The third-order valence-corrected chi connectivity index (χ3v) is 12.1. The first-order chi connectivity index (χ1) is 39.0. The highest BCUT2D eigenvalue weighted by Crippen LogP contribution is 2.12. The van der Waals surface area contributed by atoms with Gasteiger partial charge >= 0.3 is 17.9 Å². The number of rotatable bonds is 53. The van der Waals surface area contributed by atoms with Gasteiger partial charge in [-0.25, -0.2) is 0 Å². The molecule has 0 radical (unpaired) electrons. The third kappa shape index (κ3) is 63.0. The first-order valence-corrected chi connectivity index (χ1v) is 30.9. The minimum atomic E-state index is -0.840. The van der Waals surface area contributed by atoms with E-state index in [1.807, 2.05) is 0 Å². The highest BCUT2D eigenvalue weighted by atomic mass is 16.6. The van der Waals surface area contributed by atoms with Crippen molar-refractivity contribution in [3.8, 4) is 0 Å². The van der Waals surface area contributed by atoms with Crippen LogP contribution in [-0.2, 0) is 28.6 Å². The molecule has 0 N–H and O–H groups in total. The van der Waals surface area contributed by atoms with Crippen molar-refractivity contribution in [1.29, 1.82) is 0 Å². The van der Waals surface area contributed by atoms with Gasteiger partial charge < -0.3 is 14.2 Å². The molecular formula is C73H110O6. The second-order valence-corrected chi connectivity index (χ2v) is 19.5. The number of esters is 3. The summed E-state index contributed by atoms with van der Waals surface area (Å²) in [6, 6.07) is 0. The molecule has 1 atom stereocenters. The summed E-state index contributed by atoms with van der Waals surface area (Å²) >= 11 is 0. The lowest BCUT2D eigenvalue weighted by molar-refractivity contribution is -0.167. The zero-order valence-corrected chi connectivity index (χ0v) is 50.0. The molecule has 79 heavy (non-hydrogen) atoms. The summed E-state index contributed by atoms with van der Waals surface area (Å²) in [6.07, 6.45) is 98.6. The predicted octanol–water partition coefficient (Wildman–Crippen LogP) is 21.4. The van der Waals surface area contributed by atoms with E-state index in [4.69, 9.17) is 14.2 Å². The van der Waals surface area contributed by atoms with E-state index < -0.39 is 6.10 Å². The molecule has 0 aliphatic carbocycles. The number of allylic oxidation sites excluding steroid dienone is 32.